The van der Waals surface area contributed by atoms with Crippen LogP contribution in [0.2, 0.25) is 0 Å². The summed E-state index contributed by atoms with van der Waals surface area (Å²) >= 11 is 0. The average Bonchev–Trinajstić information content (AvgIpc) is 2.88. The van der Waals surface area contributed by atoms with Gasteiger partial charge in [0.1, 0.15) is 6.07 Å². The third-order valence-electron chi connectivity index (χ3n) is 5.83. The van der Waals surface area contributed by atoms with Crippen LogP contribution >= 0.6 is 0 Å². The zero-order valence-corrected chi connectivity index (χ0v) is 19.2. The van der Waals surface area contributed by atoms with Crippen molar-refractivity contribution in [2.45, 2.75) is 58.6 Å². The van der Waals surface area contributed by atoms with Gasteiger partial charge in [0.2, 0.25) is 6.43 Å². The van der Waals surface area contributed by atoms with E-state index in [0.717, 1.165) is 23.3 Å². The highest BCUT2D eigenvalue weighted by molar-refractivity contribution is 5.76. The highest BCUT2D eigenvalue weighted by Gasteiger charge is 2.32. The van der Waals surface area contributed by atoms with Crippen molar-refractivity contribution in [3.8, 4) is 12.1 Å². The van der Waals surface area contributed by atoms with Gasteiger partial charge in [0, 0.05) is 12.8 Å². The number of rotatable bonds is 3. The zero-order chi connectivity index (χ0) is 25.4. The molecule has 0 N–H and O–H groups in total. The van der Waals surface area contributed by atoms with E-state index in [1.807, 2.05) is 52.0 Å². The van der Waals surface area contributed by atoms with Gasteiger partial charge in [0.15, 0.2) is 0 Å². The molecule has 2 nitrogen and oxygen atoms in total. The van der Waals surface area contributed by atoms with E-state index in [0.29, 0.717) is 16.0 Å². The molecule has 0 aromatic heterocycles. The third kappa shape index (κ3) is 5.20. The molecule has 0 saturated carbocycles. The number of nitrogens with zero attached hydrogens (tertiary/aromatic N) is 2. The number of nitriles is 2. The number of aryl methyl sites for hydroxylation is 1. The lowest BCUT2D eigenvalue weighted by Crippen LogP contribution is -2.32. The lowest BCUT2D eigenvalue weighted by Gasteiger charge is -2.21. The van der Waals surface area contributed by atoms with E-state index in [1.165, 1.54) is 6.07 Å². The van der Waals surface area contributed by atoms with Crippen LogP contribution in [-0.4, -0.2) is 6.43 Å². The third-order valence-corrected chi connectivity index (χ3v) is 5.83. The standard InChI is InChI=1S/C27H23F5N2/c1-15-5-21(26(2,3)4)11-18-9-19(13-33)20(14-34)12-23(25(15)18)17-6-16(8-24(28)29)7-22(10-17)27(30,31)32/h5-7,9-11,24H,8,12H2,1-4H3. The summed E-state index contributed by atoms with van der Waals surface area (Å²) in [6.07, 6.45) is -6.88. The lowest BCUT2D eigenvalue weighted by atomic mass is 9.84. The second kappa shape index (κ2) is 9.06. The van der Waals surface area contributed by atoms with E-state index >= 15 is 0 Å². The fraction of sp³-hybridized carbons (Fsp3) is 0.333. The number of halogens is 5. The zero-order valence-electron chi connectivity index (χ0n) is 19.2. The first-order valence-corrected chi connectivity index (χ1v) is 10.6. The first-order valence-electron chi connectivity index (χ1n) is 10.6. The van der Waals surface area contributed by atoms with Crippen LogP contribution in [0.4, 0.5) is 22.0 Å². The van der Waals surface area contributed by atoms with Crippen LogP contribution in [0.25, 0.3) is 11.6 Å². The van der Waals surface area contributed by atoms with Gasteiger partial charge in [-0.3, -0.25) is 0 Å². The molecule has 176 valence electrons. The molecule has 2 aromatic rings. The maximum Gasteiger partial charge on any atom is 0.416 e. The molecule has 0 atom stereocenters. The molecule has 0 bridgehead atoms. The molecule has 0 amide bonds. The highest BCUT2D eigenvalue weighted by Crippen LogP contribution is 2.34. The van der Waals surface area contributed by atoms with Gasteiger partial charge in [-0.1, -0.05) is 39.0 Å². The van der Waals surface area contributed by atoms with Crippen LogP contribution < -0.4 is 10.4 Å². The summed E-state index contributed by atoms with van der Waals surface area (Å²) in [5, 5.41) is 20.6. The molecular formula is C27H23F5N2. The van der Waals surface area contributed by atoms with Crippen LogP contribution in [0, 0.1) is 29.6 Å². The Morgan fingerprint density at radius 2 is 1.62 bits per heavy atom. The largest absolute Gasteiger partial charge is 0.416 e. The van der Waals surface area contributed by atoms with Gasteiger partial charge in [-0.05, 0) is 68.8 Å². The van der Waals surface area contributed by atoms with Crippen molar-refractivity contribution in [1.82, 2.24) is 0 Å². The molecule has 0 saturated heterocycles. The Balaban J connectivity index is 2.49. The molecule has 0 heterocycles. The molecule has 0 fully saturated rings. The van der Waals surface area contributed by atoms with Gasteiger partial charge >= 0.3 is 6.18 Å². The number of hydrogen-bond donors (Lipinski definition) is 0. The Hall–Kier alpha value is -3.45. The molecule has 0 unspecified atom stereocenters. The number of alkyl halides is 5. The van der Waals surface area contributed by atoms with Crippen molar-refractivity contribution in [2.75, 3.05) is 0 Å². The highest BCUT2D eigenvalue weighted by atomic mass is 19.4. The van der Waals surface area contributed by atoms with E-state index in [-0.39, 0.29) is 34.1 Å². The van der Waals surface area contributed by atoms with Crippen LogP contribution in [0.5, 0.6) is 0 Å². The summed E-state index contributed by atoms with van der Waals surface area (Å²) in [6.45, 7) is 7.86. The smallest absolute Gasteiger partial charge is 0.210 e. The number of benzene rings is 2. The summed E-state index contributed by atoms with van der Waals surface area (Å²) in [5.74, 6) is 0. The van der Waals surface area contributed by atoms with Gasteiger partial charge in [-0.15, -0.1) is 0 Å². The fourth-order valence-corrected chi connectivity index (χ4v) is 4.15. The predicted molar refractivity (Wildman–Crippen MR) is 120 cm³/mol. The quantitative estimate of drug-likeness (QED) is 0.529. The predicted octanol–water partition coefficient (Wildman–Crippen LogP) is 5.85. The van der Waals surface area contributed by atoms with Crippen molar-refractivity contribution in [3.63, 3.8) is 0 Å². The topological polar surface area (TPSA) is 47.6 Å². The lowest BCUT2D eigenvalue weighted by molar-refractivity contribution is -0.137. The van der Waals surface area contributed by atoms with Crippen LogP contribution in [0.15, 0.2) is 41.5 Å². The minimum Gasteiger partial charge on any atom is -0.210 e. The molecular weight excluding hydrogens is 447 g/mol. The van der Waals surface area contributed by atoms with Crippen molar-refractivity contribution in [3.05, 3.63) is 79.7 Å². The number of fused-ring (bicyclic) bond motifs is 1. The van der Waals surface area contributed by atoms with E-state index in [9.17, 15) is 32.5 Å². The molecule has 1 aliphatic rings. The second-order valence-electron chi connectivity index (χ2n) is 9.43. The van der Waals surface area contributed by atoms with Gasteiger partial charge < -0.3 is 0 Å². The minimum absolute atomic E-state index is 0.0893. The monoisotopic (exact) mass is 470 g/mol. The van der Waals surface area contributed by atoms with Gasteiger partial charge in [0.25, 0.3) is 0 Å². The van der Waals surface area contributed by atoms with E-state index in [2.05, 4.69) is 0 Å². The Kier molecular flexibility index (Phi) is 6.71. The normalized spacial score (nSPS) is 14.3. The molecule has 34 heavy (non-hydrogen) atoms. The molecule has 0 aliphatic heterocycles. The van der Waals surface area contributed by atoms with Crippen LogP contribution in [-0.2, 0) is 18.0 Å². The molecule has 3 rings (SSSR count). The van der Waals surface area contributed by atoms with E-state index in [1.54, 1.807) is 6.08 Å². The molecule has 0 radical (unpaired) electrons. The van der Waals surface area contributed by atoms with Gasteiger partial charge in [0.05, 0.1) is 22.8 Å². The first-order chi connectivity index (χ1) is 15.7. The maximum absolute atomic E-state index is 13.6. The Labute approximate surface area is 195 Å². The summed E-state index contributed by atoms with van der Waals surface area (Å²) in [6, 6.07) is 10.8. The average molecular weight is 470 g/mol. The van der Waals surface area contributed by atoms with Crippen molar-refractivity contribution < 1.29 is 22.0 Å². The Morgan fingerprint density at radius 3 is 2.15 bits per heavy atom. The van der Waals surface area contributed by atoms with Crippen molar-refractivity contribution in [1.29, 1.82) is 10.5 Å². The summed E-state index contributed by atoms with van der Waals surface area (Å²) in [5.41, 5.74) is 1.05. The molecule has 2 aromatic carbocycles. The van der Waals surface area contributed by atoms with Gasteiger partial charge in [-0.2, -0.15) is 23.7 Å². The summed E-state index contributed by atoms with van der Waals surface area (Å²) < 4.78 is 67.1. The Bertz CT molecular complexity index is 1370. The van der Waals surface area contributed by atoms with Crippen LogP contribution in [0.3, 0.4) is 0 Å². The second-order valence-corrected chi connectivity index (χ2v) is 9.43. The maximum atomic E-state index is 13.6. The van der Waals surface area contributed by atoms with Gasteiger partial charge in [-0.25, -0.2) is 8.78 Å². The van der Waals surface area contributed by atoms with Crippen LogP contribution in [0.1, 0.15) is 55.0 Å². The van der Waals surface area contributed by atoms with E-state index < -0.39 is 24.6 Å². The molecule has 0 spiro atoms. The molecule has 7 heteroatoms. The van der Waals surface area contributed by atoms with Crippen molar-refractivity contribution in [2.24, 2.45) is 0 Å². The Morgan fingerprint density at radius 1 is 0.941 bits per heavy atom. The fourth-order valence-electron chi connectivity index (χ4n) is 4.15. The SMILES string of the molecule is Cc1cc(C(C)(C)C)cc2c1=C(c1cc(CC(F)F)cc(C(F)(F)F)c1)CC(C#N)=C(C#N)C=2. The summed E-state index contributed by atoms with van der Waals surface area (Å²) in [4.78, 5) is 0. The van der Waals surface area contributed by atoms with E-state index in [4.69, 9.17) is 0 Å². The molecule has 1 aliphatic carbocycles. The number of hydrogen-bond acceptors (Lipinski definition) is 2. The van der Waals surface area contributed by atoms with Crippen molar-refractivity contribution >= 4 is 11.6 Å². The minimum atomic E-state index is -4.73. The number of allylic oxidation sites excluding steroid dienone is 2. The summed E-state index contributed by atoms with van der Waals surface area (Å²) in [7, 11) is 0. The first kappa shape index (κ1) is 25.2.